The number of nitrogens with one attached hydrogen (secondary N) is 2. The van der Waals surface area contributed by atoms with E-state index < -0.39 is 0 Å². The van der Waals surface area contributed by atoms with Crippen LogP contribution in [0.2, 0.25) is 0 Å². The molecule has 0 spiro atoms. The van der Waals surface area contributed by atoms with Gasteiger partial charge in [-0.15, -0.1) is 0 Å². The summed E-state index contributed by atoms with van der Waals surface area (Å²) in [6.45, 7) is 1.43. The lowest BCUT2D eigenvalue weighted by molar-refractivity contribution is 0.0944. The van der Waals surface area contributed by atoms with Crippen molar-refractivity contribution in [3.05, 3.63) is 96.2 Å². The largest absolute Gasteiger partial charge is 0.362 e. The van der Waals surface area contributed by atoms with Gasteiger partial charge in [0.25, 0.3) is 5.91 Å². The topological polar surface area (TPSA) is 75.1 Å². The zero-order chi connectivity index (χ0) is 27.5. The van der Waals surface area contributed by atoms with Crippen LogP contribution in [0.5, 0.6) is 0 Å². The summed E-state index contributed by atoms with van der Waals surface area (Å²) in [5, 5.41) is 8.88. The lowest BCUT2D eigenvalue weighted by atomic mass is 9.86. The number of benzene rings is 3. The molecule has 3 aromatic carbocycles. The first-order valence-electron chi connectivity index (χ1n) is 14.2. The molecule has 0 saturated heterocycles. The predicted molar refractivity (Wildman–Crippen MR) is 163 cm³/mol. The van der Waals surface area contributed by atoms with Crippen LogP contribution in [0.25, 0.3) is 21.8 Å². The van der Waals surface area contributed by atoms with E-state index in [0.29, 0.717) is 24.5 Å². The number of aromatic nitrogens is 3. The number of carbonyl (C=O) groups is 1. The summed E-state index contributed by atoms with van der Waals surface area (Å²) in [5.41, 5.74) is 3.99. The molecule has 0 aliphatic heterocycles. The Kier molecular flexibility index (Phi) is 7.36. The second kappa shape index (κ2) is 11.4. The fourth-order valence-corrected chi connectivity index (χ4v) is 5.83. The van der Waals surface area contributed by atoms with Gasteiger partial charge in [-0.3, -0.25) is 4.79 Å². The van der Waals surface area contributed by atoms with Gasteiger partial charge in [0.15, 0.2) is 0 Å². The van der Waals surface area contributed by atoms with Gasteiger partial charge in [-0.1, -0.05) is 60.7 Å². The third kappa shape index (κ3) is 5.50. The van der Waals surface area contributed by atoms with Gasteiger partial charge in [-0.05, 0) is 55.4 Å². The molecule has 1 aliphatic carbocycles. The van der Waals surface area contributed by atoms with Gasteiger partial charge in [0.1, 0.15) is 5.82 Å². The van der Waals surface area contributed by atoms with Crippen molar-refractivity contribution in [3.63, 3.8) is 0 Å². The fraction of sp³-hybridized carbons (Fsp3) is 0.303. The Morgan fingerprint density at radius 1 is 0.875 bits per heavy atom. The number of amides is 1. The Balaban J connectivity index is 1.06. The number of fused-ring (bicyclic) bond motifs is 2. The average Bonchev–Trinajstić information content (AvgIpc) is 3.35. The zero-order valence-corrected chi connectivity index (χ0v) is 23.2. The quantitative estimate of drug-likeness (QED) is 0.253. The number of hydrogen-bond acceptors (Lipinski definition) is 5. The lowest BCUT2D eigenvalue weighted by Gasteiger charge is -2.29. The van der Waals surface area contributed by atoms with Gasteiger partial charge >= 0.3 is 0 Å². The van der Waals surface area contributed by atoms with Gasteiger partial charge in [-0.2, -0.15) is 4.98 Å². The molecular weight excluding hydrogens is 496 g/mol. The Bertz CT molecular complexity index is 1620. The summed E-state index contributed by atoms with van der Waals surface area (Å²) >= 11 is 0. The summed E-state index contributed by atoms with van der Waals surface area (Å²) < 4.78 is 2.17. The van der Waals surface area contributed by atoms with Gasteiger partial charge in [0, 0.05) is 55.7 Å². The molecule has 2 aromatic heterocycles. The first kappa shape index (κ1) is 25.9. The van der Waals surface area contributed by atoms with Crippen molar-refractivity contribution in [2.24, 2.45) is 5.92 Å². The summed E-state index contributed by atoms with van der Waals surface area (Å²) in [7, 11) is 4.03. The average molecular weight is 533 g/mol. The number of hydrogen-bond donors (Lipinski definition) is 2. The van der Waals surface area contributed by atoms with E-state index in [1.165, 1.54) is 5.56 Å². The molecule has 0 atom stereocenters. The molecule has 1 fully saturated rings. The van der Waals surface area contributed by atoms with E-state index in [1.807, 2.05) is 67.7 Å². The summed E-state index contributed by atoms with van der Waals surface area (Å²) in [6, 6.07) is 27.0. The van der Waals surface area contributed by atoms with Gasteiger partial charge < -0.3 is 20.1 Å². The fourth-order valence-electron chi connectivity index (χ4n) is 5.83. The highest BCUT2D eigenvalue weighted by Gasteiger charge is 2.24. The van der Waals surface area contributed by atoms with E-state index in [2.05, 4.69) is 51.6 Å². The maximum Gasteiger partial charge on any atom is 0.253 e. The van der Waals surface area contributed by atoms with Gasteiger partial charge in [-0.25, -0.2) is 4.98 Å². The zero-order valence-electron chi connectivity index (χ0n) is 23.2. The van der Waals surface area contributed by atoms with Crippen LogP contribution in [0.15, 0.2) is 85.1 Å². The van der Waals surface area contributed by atoms with Crippen molar-refractivity contribution in [2.75, 3.05) is 30.9 Å². The highest BCUT2D eigenvalue weighted by atomic mass is 16.1. The smallest absolute Gasteiger partial charge is 0.253 e. The van der Waals surface area contributed by atoms with Crippen molar-refractivity contribution in [2.45, 2.75) is 38.3 Å². The first-order valence-corrected chi connectivity index (χ1v) is 14.2. The molecule has 1 amide bonds. The number of carbonyl (C=O) groups excluding carboxylic acids is 1. The molecule has 0 unspecified atom stereocenters. The highest BCUT2D eigenvalue weighted by Crippen LogP contribution is 2.29. The third-order valence-corrected chi connectivity index (χ3v) is 7.97. The Morgan fingerprint density at radius 3 is 2.35 bits per heavy atom. The standard InChI is InChI=1S/C33H36N6O/c1-38(2)31-27-13-6-8-14-29(27)36-33(37-31)35-25-18-16-23(17-19-25)20-34-32(40)28-22-39(21-24-10-4-3-5-11-24)30-15-9-7-12-26(28)30/h3-15,22-23,25H,16-21H2,1-2H3,(H,34,40)(H,35,36,37)/t23-,25+. The van der Waals surface area contributed by atoms with Crippen molar-refractivity contribution in [1.82, 2.24) is 19.9 Å². The van der Waals surface area contributed by atoms with Crippen molar-refractivity contribution < 1.29 is 4.79 Å². The lowest BCUT2D eigenvalue weighted by Crippen LogP contribution is -2.34. The van der Waals surface area contributed by atoms with Crippen LogP contribution in [-0.4, -0.2) is 47.1 Å². The summed E-state index contributed by atoms with van der Waals surface area (Å²) in [6.07, 6.45) is 6.18. The van der Waals surface area contributed by atoms with E-state index in [9.17, 15) is 4.79 Å². The second-order valence-electron chi connectivity index (χ2n) is 11.0. The first-order chi connectivity index (χ1) is 19.5. The molecule has 6 rings (SSSR count). The van der Waals surface area contributed by atoms with Crippen LogP contribution in [0.4, 0.5) is 11.8 Å². The number of para-hydroxylation sites is 2. The van der Waals surface area contributed by atoms with Crippen LogP contribution in [0, 0.1) is 5.92 Å². The normalized spacial score (nSPS) is 17.1. The van der Waals surface area contributed by atoms with Crippen LogP contribution in [0.1, 0.15) is 41.6 Å². The molecule has 0 bridgehead atoms. The van der Waals surface area contributed by atoms with Crippen molar-refractivity contribution >= 4 is 39.5 Å². The minimum Gasteiger partial charge on any atom is -0.362 e. The molecule has 2 heterocycles. The van der Waals surface area contributed by atoms with Gasteiger partial charge in [0.05, 0.1) is 11.1 Å². The maximum atomic E-state index is 13.3. The Hall–Kier alpha value is -4.39. The van der Waals surface area contributed by atoms with E-state index in [-0.39, 0.29) is 5.91 Å². The molecule has 1 saturated carbocycles. The Labute approximate surface area is 235 Å². The molecule has 7 heteroatoms. The monoisotopic (exact) mass is 532 g/mol. The van der Waals surface area contributed by atoms with Crippen molar-refractivity contribution in [3.8, 4) is 0 Å². The van der Waals surface area contributed by atoms with E-state index >= 15 is 0 Å². The van der Waals surface area contributed by atoms with E-state index in [0.717, 1.165) is 65.4 Å². The SMILES string of the molecule is CN(C)c1nc(N[C@H]2CC[C@@H](CNC(=O)c3cn(Cc4ccccc4)c4ccccc34)CC2)nc2ccccc12. The molecule has 7 nitrogen and oxygen atoms in total. The molecule has 40 heavy (non-hydrogen) atoms. The highest BCUT2D eigenvalue weighted by molar-refractivity contribution is 6.07. The van der Waals surface area contributed by atoms with Gasteiger partial charge in [0.2, 0.25) is 5.95 Å². The molecule has 5 aromatic rings. The van der Waals surface area contributed by atoms with Crippen LogP contribution in [0.3, 0.4) is 0 Å². The number of nitrogens with zero attached hydrogens (tertiary/aromatic N) is 4. The second-order valence-corrected chi connectivity index (χ2v) is 11.0. The van der Waals surface area contributed by atoms with Crippen LogP contribution in [-0.2, 0) is 6.54 Å². The summed E-state index contributed by atoms with van der Waals surface area (Å²) in [4.78, 5) is 24.9. The maximum absolute atomic E-state index is 13.3. The molecule has 0 radical (unpaired) electrons. The minimum atomic E-state index is 0.00374. The third-order valence-electron chi connectivity index (χ3n) is 7.97. The number of anilines is 2. The molecule has 2 N–H and O–H groups in total. The van der Waals surface area contributed by atoms with Crippen molar-refractivity contribution in [1.29, 1.82) is 0 Å². The Morgan fingerprint density at radius 2 is 1.57 bits per heavy atom. The van der Waals surface area contributed by atoms with E-state index in [4.69, 9.17) is 9.97 Å². The number of rotatable bonds is 8. The van der Waals surface area contributed by atoms with Crippen LogP contribution < -0.4 is 15.5 Å². The molecule has 204 valence electrons. The minimum absolute atomic E-state index is 0.00374. The van der Waals surface area contributed by atoms with E-state index in [1.54, 1.807) is 0 Å². The molecular formula is C33H36N6O. The predicted octanol–water partition coefficient (Wildman–Crippen LogP) is 6.10. The summed E-state index contributed by atoms with van der Waals surface area (Å²) in [5.74, 6) is 2.08. The van der Waals surface area contributed by atoms with Crippen LogP contribution >= 0.6 is 0 Å². The molecule has 1 aliphatic rings.